The normalized spacial score (nSPS) is 15.8. The van der Waals surface area contributed by atoms with E-state index in [1.54, 1.807) is 4.90 Å². The van der Waals surface area contributed by atoms with Gasteiger partial charge in [0.05, 0.1) is 12.1 Å². The third-order valence-corrected chi connectivity index (χ3v) is 4.78. The Labute approximate surface area is 149 Å². The van der Waals surface area contributed by atoms with Crippen molar-refractivity contribution in [1.82, 2.24) is 9.80 Å². The molecular formula is C21H26N2O2. The molecule has 3 rings (SSSR count). The van der Waals surface area contributed by atoms with Crippen LogP contribution < -0.4 is 0 Å². The lowest BCUT2D eigenvalue weighted by Crippen LogP contribution is -2.65. The summed E-state index contributed by atoms with van der Waals surface area (Å²) < 4.78 is 0. The number of rotatable bonds is 4. The molecule has 25 heavy (non-hydrogen) atoms. The number of likely N-dealkylation sites (tertiary alicyclic amines) is 1. The molecule has 1 fully saturated rings. The summed E-state index contributed by atoms with van der Waals surface area (Å²) >= 11 is 0. The van der Waals surface area contributed by atoms with Crippen LogP contribution in [0.25, 0.3) is 0 Å². The third-order valence-electron chi connectivity index (χ3n) is 4.78. The molecular weight excluding hydrogens is 312 g/mol. The van der Waals surface area contributed by atoms with E-state index in [0.29, 0.717) is 0 Å². The Morgan fingerprint density at radius 2 is 1.44 bits per heavy atom. The van der Waals surface area contributed by atoms with Crippen LogP contribution in [0.15, 0.2) is 60.7 Å². The van der Waals surface area contributed by atoms with Crippen LogP contribution in [0.2, 0.25) is 0 Å². The maximum absolute atomic E-state index is 11.7. The van der Waals surface area contributed by atoms with Crippen molar-refractivity contribution in [2.45, 2.75) is 38.4 Å². The highest BCUT2D eigenvalue weighted by Gasteiger charge is 2.42. The number of nitrogens with zero attached hydrogens (tertiary/aromatic N) is 2. The molecule has 4 nitrogen and oxygen atoms in total. The van der Waals surface area contributed by atoms with Gasteiger partial charge in [-0.25, -0.2) is 4.79 Å². The molecule has 2 aromatic rings. The largest absolute Gasteiger partial charge is 0.465 e. The quantitative estimate of drug-likeness (QED) is 0.907. The fourth-order valence-corrected chi connectivity index (χ4v) is 3.74. The van der Waals surface area contributed by atoms with E-state index in [2.05, 4.69) is 53.4 Å². The van der Waals surface area contributed by atoms with E-state index < -0.39 is 11.6 Å². The van der Waals surface area contributed by atoms with E-state index in [0.717, 1.165) is 13.1 Å². The van der Waals surface area contributed by atoms with Gasteiger partial charge in [0.2, 0.25) is 0 Å². The molecule has 1 N–H and O–H groups in total. The summed E-state index contributed by atoms with van der Waals surface area (Å²) in [6.45, 7) is 7.36. The first kappa shape index (κ1) is 17.5. The van der Waals surface area contributed by atoms with Crippen LogP contribution in [0.5, 0.6) is 0 Å². The summed E-state index contributed by atoms with van der Waals surface area (Å²) in [7, 11) is 0. The summed E-state index contributed by atoms with van der Waals surface area (Å²) in [5.41, 5.74) is 2.09. The molecule has 0 unspecified atom stereocenters. The zero-order valence-corrected chi connectivity index (χ0v) is 15.1. The molecule has 0 bridgehead atoms. The van der Waals surface area contributed by atoms with E-state index in [1.807, 2.05) is 32.9 Å². The second-order valence-electron chi connectivity index (χ2n) is 7.66. The average molecular weight is 338 g/mol. The molecule has 1 aliphatic rings. The van der Waals surface area contributed by atoms with Crippen molar-refractivity contribution in [3.63, 3.8) is 0 Å². The van der Waals surface area contributed by atoms with E-state index in [4.69, 9.17) is 0 Å². The van der Waals surface area contributed by atoms with Gasteiger partial charge in [-0.05, 0) is 31.9 Å². The second-order valence-corrected chi connectivity index (χ2v) is 7.66. The highest BCUT2D eigenvalue weighted by atomic mass is 16.4. The maximum atomic E-state index is 11.7. The molecule has 132 valence electrons. The van der Waals surface area contributed by atoms with Crippen LogP contribution in [0.4, 0.5) is 4.79 Å². The number of amides is 1. The smallest absolute Gasteiger partial charge is 0.408 e. The van der Waals surface area contributed by atoms with Crippen molar-refractivity contribution < 1.29 is 9.90 Å². The molecule has 0 saturated carbocycles. The third kappa shape index (κ3) is 3.69. The lowest BCUT2D eigenvalue weighted by Gasteiger charge is -2.51. The SMILES string of the molecule is CC(C)(C)N(C(=O)O)C1CN(C(c2ccccc2)c2ccccc2)C1. The monoisotopic (exact) mass is 338 g/mol. The number of hydrogen-bond donors (Lipinski definition) is 1. The lowest BCUT2D eigenvalue weighted by atomic mass is 9.91. The van der Waals surface area contributed by atoms with E-state index in [1.165, 1.54) is 11.1 Å². The van der Waals surface area contributed by atoms with Gasteiger partial charge in [-0.2, -0.15) is 0 Å². The van der Waals surface area contributed by atoms with Gasteiger partial charge in [0.15, 0.2) is 0 Å². The molecule has 2 aromatic carbocycles. The minimum atomic E-state index is -0.840. The first-order chi connectivity index (χ1) is 11.9. The van der Waals surface area contributed by atoms with Crippen molar-refractivity contribution in [2.24, 2.45) is 0 Å². The molecule has 1 aliphatic heterocycles. The molecule has 1 heterocycles. The number of carbonyl (C=O) groups is 1. The molecule has 0 radical (unpaired) electrons. The highest BCUT2D eigenvalue weighted by molar-refractivity contribution is 5.66. The summed E-state index contributed by atoms with van der Waals surface area (Å²) in [5.74, 6) is 0. The summed E-state index contributed by atoms with van der Waals surface area (Å²) in [4.78, 5) is 15.7. The molecule has 0 atom stereocenters. The zero-order chi connectivity index (χ0) is 18.0. The van der Waals surface area contributed by atoms with Gasteiger partial charge in [-0.15, -0.1) is 0 Å². The Bertz CT molecular complexity index is 664. The van der Waals surface area contributed by atoms with Gasteiger partial charge < -0.3 is 5.11 Å². The van der Waals surface area contributed by atoms with E-state index in [9.17, 15) is 9.90 Å². The van der Waals surface area contributed by atoms with Crippen LogP contribution in [0.3, 0.4) is 0 Å². The number of hydrogen-bond acceptors (Lipinski definition) is 2. The van der Waals surface area contributed by atoms with Crippen LogP contribution in [0, 0.1) is 0 Å². The Kier molecular flexibility index (Phi) is 4.82. The molecule has 1 saturated heterocycles. The van der Waals surface area contributed by atoms with Crippen molar-refractivity contribution >= 4 is 6.09 Å². The zero-order valence-electron chi connectivity index (χ0n) is 15.1. The minimum Gasteiger partial charge on any atom is -0.465 e. The minimum absolute atomic E-state index is 0.0347. The van der Waals surface area contributed by atoms with Crippen LogP contribution in [-0.4, -0.2) is 45.7 Å². The Hall–Kier alpha value is -2.33. The van der Waals surface area contributed by atoms with Crippen molar-refractivity contribution in [2.75, 3.05) is 13.1 Å². The summed E-state index contributed by atoms with van der Waals surface area (Å²) in [6.07, 6.45) is -0.840. The van der Waals surface area contributed by atoms with E-state index in [-0.39, 0.29) is 12.1 Å². The average Bonchev–Trinajstić information content (AvgIpc) is 2.53. The summed E-state index contributed by atoms with van der Waals surface area (Å²) in [5, 5.41) is 9.61. The molecule has 0 spiro atoms. The predicted molar refractivity (Wildman–Crippen MR) is 99.7 cm³/mol. The summed E-state index contributed by atoms with van der Waals surface area (Å²) in [6, 6.07) is 21.0. The van der Waals surface area contributed by atoms with Gasteiger partial charge in [0.1, 0.15) is 0 Å². The number of carboxylic acid groups (broad SMARTS) is 1. The van der Waals surface area contributed by atoms with Gasteiger partial charge >= 0.3 is 6.09 Å². The topological polar surface area (TPSA) is 43.8 Å². The van der Waals surface area contributed by atoms with Crippen LogP contribution >= 0.6 is 0 Å². The maximum Gasteiger partial charge on any atom is 0.408 e. The first-order valence-corrected chi connectivity index (χ1v) is 8.74. The Balaban J connectivity index is 1.83. The second kappa shape index (κ2) is 6.89. The van der Waals surface area contributed by atoms with Crippen molar-refractivity contribution in [1.29, 1.82) is 0 Å². The molecule has 4 heteroatoms. The first-order valence-electron chi connectivity index (χ1n) is 8.74. The lowest BCUT2D eigenvalue weighted by molar-refractivity contribution is -0.0175. The fourth-order valence-electron chi connectivity index (χ4n) is 3.74. The highest BCUT2D eigenvalue weighted by Crippen LogP contribution is 2.35. The Morgan fingerprint density at radius 3 is 1.80 bits per heavy atom. The van der Waals surface area contributed by atoms with Crippen LogP contribution in [0.1, 0.15) is 37.9 Å². The molecule has 1 amide bonds. The van der Waals surface area contributed by atoms with E-state index >= 15 is 0 Å². The fraction of sp³-hybridized carbons (Fsp3) is 0.381. The predicted octanol–water partition coefficient (Wildman–Crippen LogP) is 4.24. The van der Waals surface area contributed by atoms with Crippen molar-refractivity contribution in [3.8, 4) is 0 Å². The van der Waals surface area contributed by atoms with Crippen LogP contribution in [-0.2, 0) is 0 Å². The van der Waals surface area contributed by atoms with Gasteiger partial charge in [-0.1, -0.05) is 60.7 Å². The Morgan fingerprint density at radius 1 is 1.00 bits per heavy atom. The van der Waals surface area contributed by atoms with Gasteiger partial charge in [-0.3, -0.25) is 9.80 Å². The van der Waals surface area contributed by atoms with Gasteiger partial charge in [0, 0.05) is 18.6 Å². The van der Waals surface area contributed by atoms with Crippen molar-refractivity contribution in [3.05, 3.63) is 71.8 Å². The number of benzene rings is 2. The standard InChI is InChI=1S/C21H26N2O2/c1-21(2,3)23(20(24)25)18-14-22(15-18)19(16-10-6-4-7-11-16)17-12-8-5-9-13-17/h4-13,18-19H,14-15H2,1-3H3,(H,24,25). The van der Waals surface area contributed by atoms with Gasteiger partial charge in [0.25, 0.3) is 0 Å². The molecule has 0 aromatic heterocycles. The molecule has 0 aliphatic carbocycles.